The Labute approximate surface area is 91.5 Å². The Morgan fingerprint density at radius 1 is 1.67 bits per heavy atom. The molecule has 0 spiro atoms. The van der Waals surface area contributed by atoms with Crippen LogP contribution in [0.4, 0.5) is 0 Å². The van der Waals surface area contributed by atoms with Crippen molar-refractivity contribution in [3.63, 3.8) is 0 Å². The van der Waals surface area contributed by atoms with E-state index in [0.717, 1.165) is 19.4 Å². The first-order chi connectivity index (χ1) is 7.19. The van der Waals surface area contributed by atoms with Gasteiger partial charge in [0.05, 0.1) is 6.10 Å². The Kier molecular flexibility index (Phi) is 5.05. The lowest BCUT2D eigenvalue weighted by Gasteiger charge is -2.26. The molecule has 0 bridgehead atoms. The van der Waals surface area contributed by atoms with Crippen LogP contribution >= 0.6 is 0 Å². The molecule has 0 aliphatic carbocycles. The van der Waals surface area contributed by atoms with Gasteiger partial charge in [0.1, 0.15) is 6.10 Å². The van der Waals surface area contributed by atoms with E-state index in [1.807, 2.05) is 11.8 Å². The Hall–Kier alpha value is -0.610. The van der Waals surface area contributed by atoms with E-state index in [1.54, 1.807) is 14.0 Å². The van der Waals surface area contributed by atoms with Gasteiger partial charge in [-0.15, -0.1) is 0 Å². The van der Waals surface area contributed by atoms with E-state index in [0.29, 0.717) is 13.1 Å². The van der Waals surface area contributed by atoms with Crippen molar-refractivity contribution in [3.8, 4) is 0 Å². The van der Waals surface area contributed by atoms with Crippen LogP contribution in [0.15, 0.2) is 0 Å². The SMILES string of the molecule is CCN(CC1CCCO1)C(=O)C(C)OC. The van der Waals surface area contributed by atoms with Gasteiger partial charge in [-0.2, -0.15) is 0 Å². The predicted octanol–water partition coefficient (Wildman–Crippen LogP) is 1.05. The van der Waals surface area contributed by atoms with E-state index in [2.05, 4.69) is 0 Å². The van der Waals surface area contributed by atoms with Gasteiger partial charge in [0.2, 0.25) is 0 Å². The minimum atomic E-state index is -0.355. The zero-order valence-electron chi connectivity index (χ0n) is 9.86. The third kappa shape index (κ3) is 3.47. The summed E-state index contributed by atoms with van der Waals surface area (Å²) in [6.07, 6.45) is 2.03. The first-order valence-corrected chi connectivity index (χ1v) is 5.62. The molecule has 4 nitrogen and oxygen atoms in total. The van der Waals surface area contributed by atoms with Crippen LogP contribution in [0.5, 0.6) is 0 Å². The van der Waals surface area contributed by atoms with Gasteiger partial charge in [0.25, 0.3) is 5.91 Å². The number of likely N-dealkylation sites (N-methyl/N-ethyl adjacent to an activating group) is 1. The number of methoxy groups -OCH3 is 1. The molecule has 1 saturated heterocycles. The summed E-state index contributed by atoms with van der Waals surface area (Å²) >= 11 is 0. The summed E-state index contributed by atoms with van der Waals surface area (Å²) < 4.78 is 10.5. The number of hydrogen-bond acceptors (Lipinski definition) is 3. The summed E-state index contributed by atoms with van der Waals surface area (Å²) in [6.45, 7) is 6.00. The van der Waals surface area contributed by atoms with Gasteiger partial charge >= 0.3 is 0 Å². The van der Waals surface area contributed by atoms with Gasteiger partial charge in [-0.1, -0.05) is 0 Å². The highest BCUT2D eigenvalue weighted by atomic mass is 16.5. The maximum Gasteiger partial charge on any atom is 0.251 e. The lowest BCUT2D eigenvalue weighted by molar-refractivity contribution is -0.142. The van der Waals surface area contributed by atoms with Crippen molar-refractivity contribution in [2.75, 3.05) is 26.8 Å². The van der Waals surface area contributed by atoms with E-state index in [4.69, 9.17) is 9.47 Å². The summed E-state index contributed by atoms with van der Waals surface area (Å²) in [7, 11) is 1.56. The van der Waals surface area contributed by atoms with Crippen molar-refractivity contribution in [2.45, 2.75) is 38.9 Å². The van der Waals surface area contributed by atoms with Gasteiger partial charge < -0.3 is 14.4 Å². The van der Waals surface area contributed by atoms with Gasteiger partial charge in [-0.3, -0.25) is 4.79 Å². The van der Waals surface area contributed by atoms with Crippen molar-refractivity contribution in [2.24, 2.45) is 0 Å². The average Bonchev–Trinajstić information content (AvgIpc) is 2.76. The average molecular weight is 215 g/mol. The smallest absolute Gasteiger partial charge is 0.251 e. The lowest BCUT2D eigenvalue weighted by atomic mass is 10.2. The summed E-state index contributed by atoms with van der Waals surface area (Å²) in [5.74, 6) is 0.0514. The maximum atomic E-state index is 11.8. The standard InChI is InChI=1S/C11H21NO3/c1-4-12(11(13)9(2)14-3)8-10-6-5-7-15-10/h9-10H,4-8H2,1-3H3. The highest BCUT2D eigenvalue weighted by molar-refractivity contribution is 5.80. The van der Waals surface area contributed by atoms with Crippen LogP contribution in [0.2, 0.25) is 0 Å². The second-order valence-electron chi connectivity index (χ2n) is 3.89. The van der Waals surface area contributed by atoms with Gasteiger partial charge in [0.15, 0.2) is 0 Å². The summed E-state index contributed by atoms with van der Waals surface area (Å²) in [5.41, 5.74) is 0. The molecule has 1 rings (SSSR count). The molecule has 1 aliphatic rings. The molecule has 0 aromatic rings. The zero-order chi connectivity index (χ0) is 11.3. The third-order valence-electron chi connectivity index (χ3n) is 2.84. The fourth-order valence-corrected chi connectivity index (χ4v) is 1.77. The van der Waals surface area contributed by atoms with E-state index < -0.39 is 0 Å². The Morgan fingerprint density at radius 3 is 2.87 bits per heavy atom. The number of amides is 1. The molecular weight excluding hydrogens is 194 g/mol. The first kappa shape index (κ1) is 12.5. The van der Waals surface area contributed by atoms with Gasteiger partial charge in [-0.25, -0.2) is 0 Å². The molecule has 1 heterocycles. The fourth-order valence-electron chi connectivity index (χ4n) is 1.77. The number of carbonyl (C=O) groups excluding carboxylic acids is 1. The van der Waals surface area contributed by atoms with Crippen LogP contribution in [-0.4, -0.2) is 49.8 Å². The molecule has 0 N–H and O–H groups in total. The molecule has 0 aromatic carbocycles. The molecule has 0 saturated carbocycles. The van der Waals surface area contributed by atoms with Crippen molar-refractivity contribution in [3.05, 3.63) is 0 Å². The van der Waals surface area contributed by atoms with Crippen LogP contribution in [0.3, 0.4) is 0 Å². The first-order valence-electron chi connectivity index (χ1n) is 5.62. The molecule has 0 radical (unpaired) electrons. The predicted molar refractivity (Wildman–Crippen MR) is 57.7 cm³/mol. The molecular formula is C11H21NO3. The Balaban J connectivity index is 2.43. The molecule has 4 heteroatoms. The third-order valence-corrected chi connectivity index (χ3v) is 2.84. The van der Waals surface area contributed by atoms with Crippen LogP contribution in [0, 0.1) is 0 Å². The van der Waals surface area contributed by atoms with Crippen molar-refractivity contribution in [1.29, 1.82) is 0 Å². The molecule has 88 valence electrons. The molecule has 1 fully saturated rings. The number of ether oxygens (including phenoxy) is 2. The Morgan fingerprint density at radius 2 is 2.40 bits per heavy atom. The van der Waals surface area contributed by atoms with E-state index in [9.17, 15) is 4.79 Å². The summed E-state index contributed by atoms with van der Waals surface area (Å²) in [5, 5.41) is 0. The fraction of sp³-hybridized carbons (Fsp3) is 0.909. The van der Waals surface area contributed by atoms with Crippen molar-refractivity contribution in [1.82, 2.24) is 4.90 Å². The van der Waals surface area contributed by atoms with Crippen molar-refractivity contribution >= 4 is 5.91 Å². The molecule has 2 unspecified atom stereocenters. The number of nitrogens with zero attached hydrogens (tertiary/aromatic N) is 1. The number of rotatable bonds is 5. The summed E-state index contributed by atoms with van der Waals surface area (Å²) in [4.78, 5) is 13.6. The molecule has 2 atom stereocenters. The van der Waals surface area contributed by atoms with Crippen LogP contribution in [0.1, 0.15) is 26.7 Å². The molecule has 1 amide bonds. The van der Waals surface area contributed by atoms with E-state index >= 15 is 0 Å². The van der Waals surface area contributed by atoms with Gasteiger partial charge in [-0.05, 0) is 26.7 Å². The molecule has 0 aromatic heterocycles. The minimum absolute atomic E-state index is 0.0514. The van der Waals surface area contributed by atoms with Crippen LogP contribution in [0.25, 0.3) is 0 Å². The second-order valence-corrected chi connectivity index (χ2v) is 3.89. The Bertz CT molecular complexity index is 202. The van der Waals surface area contributed by atoms with Crippen LogP contribution in [-0.2, 0) is 14.3 Å². The quantitative estimate of drug-likeness (QED) is 0.688. The highest BCUT2D eigenvalue weighted by Gasteiger charge is 2.24. The number of hydrogen-bond donors (Lipinski definition) is 0. The van der Waals surface area contributed by atoms with E-state index in [-0.39, 0.29) is 18.1 Å². The summed E-state index contributed by atoms with van der Waals surface area (Å²) in [6, 6.07) is 0. The minimum Gasteiger partial charge on any atom is -0.376 e. The maximum absolute atomic E-state index is 11.8. The number of carbonyl (C=O) groups is 1. The molecule has 15 heavy (non-hydrogen) atoms. The van der Waals surface area contributed by atoms with Gasteiger partial charge in [0, 0.05) is 26.8 Å². The monoisotopic (exact) mass is 215 g/mol. The highest BCUT2D eigenvalue weighted by Crippen LogP contribution is 2.14. The van der Waals surface area contributed by atoms with E-state index in [1.165, 1.54) is 0 Å². The second kappa shape index (κ2) is 6.08. The zero-order valence-corrected chi connectivity index (χ0v) is 9.86. The lowest BCUT2D eigenvalue weighted by Crippen LogP contribution is -2.42. The van der Waals surface area contributed by atoms with Crippen molar-refractivity contribution < 1.29 is 14.3 Å². The normalized spacial score (nSPS) is 22.7. The largest absolute Gasteiger partial charge is 0.376 e. The molecule has 1 aliphatic heterocycles. The van der Waals surface area contributed by atoms with Crippen LogP contribution < -0.4 is 0 Å². The topological polar surface area (TPSA) is 38.8 Å².